The molecule has 1 N–H and O–H groups in total. The van der Waals surface area contributed by atoms with Gasteiger partial charge in [-0.1, -0.05) is 54.6 Å². The van der Waals surface area contributed by atoms with Gasteiger partial charge in [-0.3, -0.25) is 4.90 Å². The smallest absolute Gasteiger partial charge is 0.416 e. The van der Waals surface area contributed by atoms with Gasteiger partial charge in [-0.2, -0.15) is 13.2 Å². The zero-order valence-corrected chi connectivity index (χ0v) is 21.3. The number of carbonyl (C=O) groups is 1. The molecule has 2 unspecified atom stereocenters. The Morgan fingerprint density at radius 3 is 2.15 bits per heavy atom. The molecule has 1 aliphatic carbocycles. The third-order valence-corrected chi connectivity index (χ3v) is 8.13. The number of alkyl halides is 3. The number of nitrogens with zero attached hydrogens (tertiary/aromatic N) is 1. The molecule has 2 heterocycles. The van der Waals surface area contributed by atoms with Crippen molar-refractivity contribution in [3.63, 3.8) is 0 Å². The zero-order chi connectivity index (χ0) is 27.4. The molecule has 9 heteroatoms. The molecule has 0 spiro atoms. The van der Waals surface area contributed by atoms with Crippen molar-refractivity contribution in [2.45, 2.75) is 42.6 Å². The van der Waals surface area contributed by atoms with Crippen LogP contribution in [-0.2, 0) is 21.3 Å². The molecular weight excluding hydrogens is 511 g/mol. The van der Waals surface area contributed by atoms with Gasteiger partial charge in [0.25, 0.3) is 0 Å². The highest BCUT2D eigenvalue weighted by Gasteiger charge is 2.50. The highest BCUT2D eigenvalue weighted by Crippen LogP contribution is 2.47. The molecule has 2 aliphatic heterocycles. The summed E-state index contributed by atoms with van der Waals surface area (Å²) in [4.78, 5) is 15.1. The monoisotopic (exact) mass is 539 g/mol. The molecule has 2 fully saturated rings. The van der Waals surface area contributed by atoms with E-state index in [4.69, 9.17) is 14.2 Å². The van der Waals surface area contributed by atoms with E-state index in [0.29, 0.717) is 0 Å². The lowest BCUT2D eigenvalue weighted by molar-refractivity contribution is -0.139. The molecule has 6 rings (SSSR count). The first-order valence-corrected chi connectivity index (χ1v) is 12.9. The third kappa shape index (κ3) is 4.43. The second-order valence-corrected chi connectivity index (χ2v) is 10.4. The normalized spacial score (nSPS) is 24.2. The molecule has 39 heavy (non-hydrogen) atoms. The number of halogens is 3. The summed E-state index contributed by atoms with van der Waals surface area (Å²) >= 11 is 0. The van der Waals surface area contributed by atoms with Crippen LogP contribution in [0.4, 0.5) is 18.0 Å². The summed E-state index contributed by atoms with van der Waals surface area (Å²) in [5, 5.41) is 11.7. The number of rotatable bonds is 4. The number of hydrogen-bond donors (Lipinski definition) is 1. The lowest BCUT2D eigenvalue weighted by Gasteiger charge is -2.51. The summed E-state index contributed by atoms with van der Waals surface area (Å²) in [6, 6.07) is 18.3. The molecule has 2 atom stereocenters. The fourth-order valence-corrected chi connectivity index (χ4v) is 6.41. The average Bonchev–Trinajstić information content (AvgIpc) is 3.24. The number of morpholine rings is 1. The number of amides is 1. The van der Waals surface area contributed by atoms with Crippen LogP contribution < -0.4 is 4.74 Å². The van der Waals surface area contributed by atoms with E-state index in [-0.39, 0.29) is 49.9 Å². The van der Waals surface area contributed by atoms with Gasteiger partial charge in [-0.15, -0.1) is 0 Å². The van der Waals surface area contributed by atoms with Crippen molar-refractivity contribution < 1.29 is 37.3 Å². The molecule has 1 amide bonds. The zero-order valence-electron chi connectivity index (χ0n) is 21.3. The second-order valence-electron chi connectivity index (χ2n) is 10.4. The fraction of sp³-hybridized carbons (Fsp3) is 0.367. The van der Waals surface area contributed by atoms with Gasteiger partial charge in [0.05, 0.1) is 43.6 Å². The quantitative estimate of drug-likeness (QED) is 0.460. The molecule has 3 aromatic carbocycles. The van der Waals surface area contributed by atoms with Crippen molar-refractivity contribution in [1.82, 2.24) is 4.90 Å². The summed E-state index contributed by atoms with van der Waals surface area (Å²) in [6.45, 7) is 0.540. The minimum absolute atomic E-state index is 0.0408. The first kappa shape index (κ1) is 25.7. The number of ether oxygens (including phenoxy) is 3. The Kier molecular flexibility index (Phi) is 6.31. The number of fused-ring (bicyclic) bond motifs is 5. The average molecular weight is 540 g/mol. The molecule has 6 nitrogen and oxygen atoms in total. The molecule has 204 valence electrons. The molecule has 0 aromatic heterocycles. The Hall–Kier alpha value is -3.56. The Labute approximate surface area is 223 Å². The minimum Gasteiger partial charge on any atom is -0.496 e. The lowest BCUT2D eigenvalue weighted by atomic mass is 9.76. The maximum absolute atomic E-state index is 13.4. The number of aliphatic hydroxyl groups is 1. The highest BCUT2D eigenvalue weighted by atomic mass is 19.4. The first-order valence-electron chi connectivity index (χ1n) is 12.9. The van der Waals surface area contributed by atoms with Crippen LogP contribution >= 0.6 is 0 Å². The molecule has 3 aliphatic rings. The van der Waals surface area contributed by atoms with E-state index >= 15 is 0 Å². The molecule has 0 saturated carbocycles. The van der Waals surface area contributed by atoms with E-state index in [9.17, 15) is 23.1 Å². The molecule has 2 bridgehead atoms. The van der Waals surface area contributed by atoms with Gasteiger partial charge in [0.1, 0.15) is 12.4 Å². The van der Waals surface area contributed by atoms with Crippen molar-refractivity contribution in [1.29, 1.82) is 0 Å². The van der Waals surface area contributed by atoms with Crippen LogP contribution in [0.3, 0.4) is 0 Å². The van der Waals surface area contributed by atoms with Gasteiger partial charge >= 0.3 is 12.3 Å². The molecule has 3 aromatic rings. The standard InChI is InChI=1S/C30H28F3NO5/c1-37-27-12-18(30(31,32)33)10-11-26(27)29(36)13-19-15-38-16-20(14-29)34(19)28(35)39-17-25-23-8-4-2-6-21(23)22-7-3-5-9-24(22)25/h2-12,19-20,25,36H,13-17H2,1H3. The van der Waals surface area contributed by atoms with Gasteiger partial charge in [0.15, 0.2) is 0 Å². The van der Waals surface area contributed by atoms with Gasteiger partial charge in [-0.05, 0) is 34.4 Å². The predicted octanol–water partition coefficient (Wildman–Crippen LogP) is 5.71. The SMILES string of the molecule is COc1cc(C(F)(F)F)ccc1C1(O)CC2COCC(C1)N2C(=O)OCC1c2ccccc2-c2ccccc21. The van der Waals surface area contributed by atoms with E-state index in [0.717, 1.165) is 34.4 Å². The van der Waals surface area contributed by atoms with Crippen LogP contribution in [0.25, 0.3) is 11.1 Å². The van der Waals surface area contributed by atoms with Crippen molar-refractivity contribution in [3.05, 3.63) is 89.0 Å². The minimum atomic E-state index is -4.54. The van der Waals surface area contributed by atoms with Crippen LogP contribution in [0, 0.1) is 0 Å². The molecule has 2 saturated heterocycles. The Morgan fingerprint density at radius 2 is 1.59 bits per heavy atom. The molecule has 0 radical (unpaired) electrons. The van der Waals surface area contributed by atoms with Crippen molar-refractivity contribution in [3.8, 4) is 16.9 Å². The summed E-state index contributed by atoms with van der Waals surface area (Å²) in [6.07, 6.45) is -4.87. The van der Waals surface area contributed by atoms with Crippen LogP contribution in [0.1, 0.15) is 41.0 Å². The summed E-state index contributed by atoms with van der Waals surface area (Å²) in [5.41, 5.74) is 2.40. The van der Waals surface area contributed by atoms with Crippen LogP contribution in [0.15, 0.2) is 66.7 Å². The molecular formula is C30H28F3NO5. The van der Waals surface area contributed by atoms with Gasteiger partial charge in [0.2, 0.25) is 0 Å². The predicted molar refractivity (Wildman–Crippen MR) is 136 cm³/mol. The third-order valence-electron chi connectivity index (χ3n) is 8.13. The van der Waals surface area contributed by atoms with E-state index in [1.807, 2.05) is 24.3 Å². The Balaban J connectivity index is 1.21. The van der Waals surface area contributed by atoms with Crippen molar-refractivity contribution >= 4 is 6.09 Å². The summed E-state index contributed by atoms with van der Waals surface area (Å²) < 4.78 is 56.6. The number of carbonyl (C=O) groups excluding carboxylic acids is 1. The number of hydrogen-bond acceptors (Lipinski definition) is 5. The second kappa shape index (κ2) is 9.57. The van der Waals surface area contributed by atoms with Gasteiger partial charge in [-0.25, -0.2) is 4.79 Å². The number of piperidine rings is 1. The Morgan fingerprint density at radius 1 is 1.00 bits per heavy atom. The maximum Gasteiger partial charge on any atom is 0.416 e. The largest absolute Gasteiger partial charge is 0.496 e. The highest BCUT2D eigenvalue weighted by molar-refractivity contribution is 5.79. The van der Waals surface area contributed by atoms with Gasteiger partial charge in [0, 0.05) is 24.3 Å². The van der Waals surface area contributed by atoms with E-state index in [1.165, 1.54) is 13.2 Å². The first-order chi connectivity index (χ1) is 18.7. The topological polar surface area (TPSA) is 68.2 Å². The van der Waals surface area contributed by atoms with Gasteiger partial charge < -0.3 is 19.3 Å². The summed E-state index contributed by atoms with van der Waals surface area (Å²) in [7, 11) is 1.28. The number of methoxy groups -OCH3 is 1. The van der Waals surface area contributed by atoms with E-state index < -0.39 is 35.5 Å². The van der Waals surface area contributed by atoms with E-state index in [2.05, 4.69) is 24.3 Å². The summed E-state index contributed by atoms with van der Waals surface area (Å²) in [5.74, 6) is -0.128. The van der Waals surface area contributed by atoms with Crippen LogP contribution in [0.5, 0.6) is 5.75 Å². The lowest BCUT2D eigenvalue weighted by Crippen LogP contribution is -2.62. The van der Waals surface area contributed by atoms with Crippen molar-refractivity contribution in [2.75, 3.05) is 26.9 Å². The van der Waals surface area contributed by atoms with Crippen LogP contribution in [-0.4, -0.2) is 55.1 Å². The maximum atomic E-state index is 13.4. The van der Waals surface area contributed by atoms with Crippen molar-refractivity contribution in [2.24, 2.45) is 0 Å². The fourth-order valence-electron chi connectivity index (χ4n) is 6.41. The van der Waals surface area contributed by atoms with E-state index in [1.54, 1.807) is 4.90 Å². The number of benzene rings is 3. The Bertz CT molecular complexity index is 1350. The van der Waals surface area contributed by atoms with Crippen LogP contribution in [0.2, 0.25) is 0 Å².